The van der Waals surface area contributed by atoms with Crippen LogP contribution in [0.5, 0.6) is 0 Å². The first-order valence-corrected chi connectivity index (χ1v) is 5.88. The summed E-state index contributed by atoms with van der Waals surface area (Å²) < 4.78 is 0. The van der Waals surface area contributed by atoms with Gasteiger partial charge in [-0.2, -0.15) is 0 Å². The Balaban J connectivity index is 2.22. The summed E-state index contributed by atoms with van der Waals surface area (Å²) in [6, 6.07) is 2.82. The lowest BCUT2D eigenvalue weighted by Gasteiger charge is -2.31. The molecule has 0 amide bonds. The van der Waals surface area contributed by atoms with E-state index in [9.17, 15) is 10.1 Å². The second kappa shape index (κ2) is 5.18. The summed E-state index contributed by atoms with van der Waals surface area (Å²) >= 11 is 0. The summed E-state index contributed by atoms with van der Waals surface area (Å²) in [5.41, 5.74) is 5.57. The Kier molecular flexibility index (Phi) is 3.61. The number of hydrogen-bond donors (Lipinski definition) is 2. The fraction of sp³-hybridized carbons (Fsp3) is 0.545. The lowest BCUT2D eigenvalue weighted by atomic mass is 9.98. The van der Waals surface area contributed by atoms with Gasteiger partial charge in [-0.3, -0.25) is 10.1 Å². The van der Waals surface area contributed by atoms with Crippen LogP contribution in [0.2, 0.25) is 0 Å². The Hall–Kier alpha value is -1.89. The Morgan fingerprint density at radius 2 is 2.17 bits per heavy atom. The minimum Gasteiger partial charge on any atom is -0.396 e. The molecule has 0 saturated carbocycles. The van der Waals surface area contributed by atoms with Crippen LogP contribution in [0.4, 0.5) is 17.3 Å². The Morgan fingerprint density at radius 1 is 1.50 bits per heavy atom. The van der Waals surface area contributed by atoms with Crippen molar-refractivity contribution in [3.05, 3.63) is 22.2 Å². The van der Waals surface area contributed by atoms with Crippen LogP contribution >= 0.6 is 0 Å². The first kappa shape index (κ1) is 12.6. The predicted molar refractivity (Wildman–Crippen MR) is 67.3 cm³/mol. The standard InChI is InChI=1S/C11H16N4O3/c12-10-2-1-9(15(17)18)11(13-10)14-5-3-8(7-16)4-6-14/h1-2,8,16H,3-7H2,(H2,12,13). The molecular formula is C11H16N4O3. The molecule has 98 valence electrons. The second-order valence-electron chi connectivity index (χ2n) is 4.45. The molecule has 1 fully saturated rings. The third-order valence-electron chi connectivity index (χ3n) is 3.25. The van der Waals surface area contributed by atoms with Crippen molar-refractivity contribution in [2.24, 2.45) is 5.92 Å². The van der Waals surface area contributed by atoms with E-state index >= 15 is 0 Å². The van der Waals surface area contributed by atoms with Crippen molar-refractivity contribution >= 4 is 17.3 Å². The van der Waals surface area contributed by atoms with Gasteiger partial charge in [0.25, 0.3) is 0 Å². The van der Waals surface area contributed by atoms with Gasteiger partial charge >= 0.3 is 5.69 Å². The van der Waals surface area contributed by atoms with Crippen molar-refractivity contribution < 1.29 is 10.0 Å². The topological polar surface area (TPSA) is 106 Å². The van der Waals surface area contributed by atoms with Crippen LogP contribution in [-0.2, 0) is 0 Å². The fourth-order valence-electron chi connectivity index (χ4n) is 2.16. The van der Waals surface area contributed by atoms with E-state index in [0.29, 0.717) is 18.9 Å². The molecule has 0 unspecified atom stereocenters. The molecule has 0 atom stereocenters. The van der Waals surface area contributed by atoms with E-state index < -0.39 is 4.92 Å². The van der Waals surface area contributed by atoms with Crippen LogP contribution in [-0.4, -0.2) is 34.7 Å². The predicted octanol–water partition coefficient (Wildman–Crippen LogP) is 0.781. The van der Waals surface area contributed by atoms with Gasteiger partial charge in [-0.1, -0.05) is 0 Å². The lowest BCUT2D eigenvalue weighted by Crippen LogP contribution is -2.35. The number of aliphatic hydroxyl groups is 1. The highest BCUT2D eigenvalue weighted by Crippen LogP contribution is 2.30. The van der Waals surface area contributed by atoms with Crippen LogP contribution in [0.3, 0.4) is 0 Å². The van der Waals surface area contributed by atoms with Gasteiger partial charge in [0.15, 0.2) is 0 Å². The van der Waals surface area contributed by atoms with E-state index in [1.807, 2.05) is 4.90 Å². The monoisotopic (exact) mass is 252 g/mol. The number of nitrogens with two attached hydrogens (primary N) is 1. The highest BCUT2D eigenvalue weighted by Gasteiger charge is 2.25. The summed E-state index contributed by atoms with van der Waals surface area (Å²) in [7, 11) is 0. The van der Waals surface area contributed by atoms with E-state index in [2.05, 4.69) is 4.98 Å². The summed E-state index contributed by atoms with van der Waals surface area (Å²) in [6.45, 7) is 1.48. The molecule has 2 heterocycles. The average molecular weight is 252 g/mol. The largest absolute Gasteiger partial charge is 0.396 e. The zero-order chi connectivity index (χ0) is 13.1. The van der Waals surface area contributed by atoms with Gasteiger partial charge in [-0.25, -0.2) is 4.98 Å². The van der Waals surface area contributed by atoms with E-state index in [1.165, 1.54) is 12.1 Å². The van der Waals surface area contributed by atoms with Gasteiger partial charge in [0.1, 0.15) is 5.82 Å². The quantitative estimate of drug-likeness (QED) is 0.608. The van der Waals surface area contributed by atoms with Gasteiger partial charge in [0.2, 0.25) is 5.82 Å². The van der Waals surface area contributed by atoms with Crippen molar-refractivity contribution in [3.63, 3.8) is 0 Å². The maximum Gasteiger partial charge on any atom is 0.311 e. The number of nitrogen functional groups attached to an aromatic ring is 1. The summed E-state index contributed by atoms with van der Waals surface area (Å²) in [5.74, 6) is 0.887. The van der Waals surface area contributed by atoms with Gasteiger partial charge in [0.05, 0.1) is 4.92 Å². The molecule has 1 aromatic rings. The zero-order valence-electron chi connectivity index (χ0n) is 9.95. The number of pyridine rings is 1. The molecule has 7 heteroatoms. The van der Waals surface area contributed by atoms with E-state index in [-0.39, 0.29) is 24.0 Å². The van der Waals surface area contributed by atoms with Crippen LogP contribution in [0, 0.1) is 16.0 Å². The number of anilines is 2. The molecule has 1 aliphatic rings. The molecule has 0 spiro atoms. The minimum absolute atomic E-state index is 0.0216. The molecule has 0 aliphatic carbocycles. The number of nitro groups is 1. The Morgan fingerprint density at radius 3 is 2.72 bits per heavy atom. The molecule has 0 radical (unpaired) electrons. The number of aromatic nitrogens is 1. The van der Waals surface area contributed by atoms with Gasteiger partial charge in [-0.05, 0) is 24.8 Å². The molecule has 0 aromatic carbocycles. The SMILES string of the molecule is Nc1ccc([N+](=O)[O-])c(N2CCC(CO)CC2)n1. The number of hydrogen-bond acceptors (Lipinski definition) is 6. The fourth-order valence-corrected chi connectivity index (χ4v) is 2.16. The molecule has 3 N–H and O–H groups in total. The van der Waals surface area contributed by atoms with E-state index in [1.54, 1.807) is 0 Å². The highest BCUT2D eigenvalue weighted by atomic mass is 16.6. The minimum atomic E-state index is -0.445. The van der Waals surface area contributed by atoms with E-state index in [4.69, 9.17) is 10.8 Å². The third-order valence-corrected chi connectivity index (χ3v) is 3.25. The summed E-state index contributed by atoms with van der Waals surface area (Å²) in [4.78, 5) is 16.4. The molecule has 0 bridgehead atoms. The summed E-state index contributed by atoms with van der Waals surface area (Å²) in [6.07, 6.45) is 1.62. The van der Waals surface area contributed by atoms with Crippen molar-refractivity contribution in [1.82, 2.24) is 4.98 Å². The maximum absolute atomic E-state index is 11.0. The molecule has 18 heavy (non-hydrogen) atoms. The van der Waals surface area contributed by atoms with Crippen molar-refractivity contribution in [1.29, 1.82) is 0 Å². The first-order valence-electron chi connectivity index (χ1n) is 5.88. The van der Waals surface area contributed by atoms with Crippen molar-refractivity contribution in [3.8, 4) is 0 Å². The molecule has 2 rings (SSSR count). The zero-order valence-corrected chi connectivity index (χ0v) is 9.95. The van der Waals surface area contributed by atoms with Crippen LogP contribution in [0.15, 0.2) is 12.1 Å². The van der Waals surface area contributed by atoms with Crippen LogP contribution in [0.1, 0.15) is 12.8 Å². The summed E-state index contributed by atoms with van der Waals surface area (Å²) in [5, 5.41) is 20.0. The van der Waals surface area contributed by atoms with Crippen molar-refractivity contribution in [2.45, 2.75) is 12.8 Å². The van der Waals surface area contributed by atoms with E-state index in [0.717, 1.165) is 12.8 Å². The number of nitrogens with zero attached hydrogens (tertiary/aromatic N) is 3. The highest BCUT2D eigenvalue weighted by molar-refractivity contribution is 5.61. The lowest BCUT2D eigenvalue weighted by molar-refractivity contribution is -0.384. The smallest absolute Gasteiger partial charge is 0.311 e. The van der Waals surface area contributed by atoms with Crippen LogP contribution < -0.4 is 10.6 Å². The van der Waals surface area contributed by atoms with Gasteiger partial charge in [-0.15, -0.1) is 0 Å². The average Bonchev–Trinajstić information content (AvgIpc) is 2.38. The normalized spacial score (nSPS) is 16.8. The van der Waals surface area contributed by atoms with Gasteiger partial charge < -0.3 is 15.7 Å². The number of rotatable bonds is 3. The van der Waals surface area contributed by atoms with Crippen molar-refractivity contribution in [2.75, 3.05) is 30.3 Å². The Bertz CT molecular complexity index is 444. The molecule has 1 saturated heterocycles. The number of piperidine rings is 1. The van der Waals surface area contributed by atoms with Crippen LogP contribution in [0.25, 0.3) is 0 Å². The van der Waals surface area contributed by atoms with Gasteiger partial charge in [0, 0.05) is 25.8 Å². The third kappa shape index (κ3) is 2.51. The molecule has 1 aromatic heterocycles. The molecular weight excluding hydrogens is 236 g/mol. The molecule has 7 nitrogen and oxygen atoms in total. The molecule has 1 aliphatic heterocycles. The second-order valence-corrected chi connectivity index (χ2v) is 4.45. The first-order chi connectivity index (χ1) is 8.61. The number of aliphatic hydroxyl groups excluding tert-OH is 1. The Labute approximate surface area is 104 Å². The maximum atomic E-state index is 11.0.